The molecule has 0 atom stereocenters. The van der Waals surface area contributed by atoms with Crippen LogP contribution in [0.2, 0.25) is 0 Å². The van der Waals surface area contributed by atoms with Crippen molar-refractivity contribution in [3.8, 4) is 34.5 Å². The average molecular weight is 627 g/mol. The number of nitrogens with zero attached hydrogens (tertiary/aromatic N) is 2. The van der Waals surface area contributed by atoms with Crippen LogP contribution in [-0.2, 0) is 9.59 Å². The van der Waals surface area contributed by atoms with Crippen LogP contribution in [-0.4, -0.2) is 33.9 Å². The average Bonchev–Trinajstić information content (AvgIpc) is 2.97. The zero-order chi connectivity index (χ0) is 33.3. The quantitative estimate of drug-likeness (QED) is 0.133. The fraction of sp³-hybridized carbons (Fsp3) is 0.103. The van der Waals surface area contributed by atoms with Crippen LogP contribution in [0.1, 0.15) is 13.8 Å². The van der Waals surface area contributed by atoms with E-state index in [2.05, 4.69) is 10.6 Å². The monoisotopic (exact) mass is 626 g/mol. The van der Waals surface area contributed by atoms with Gasteiger partial charge in [0, 0.05) is 26.0 Å². The minimum atomic E-state index is -0.966. The maximum absolute atomic E-state index is 13.8. The molecule has 0 spiro atoms. The van der Waals surface area contributed by atoms with Crippen LogP contribution >= 0.6 is 0 Å². The smallest absolute Gasteiger partial charge is 0.314 e. The molecular formula is C29H24F2N4O10. The van der Waals surface area contributed by atoms with E-state index in [-0.39, 0.29) is 40.1 Å². The Labute approximate surface area is 253 Å². The summed E-state index contributed by atoms with van der Waals surface area (Å²) in [5, 5.41) is 36.2. The lowest BCUT2D eigenvalue weighted by atomic mass is 10.2. The highest BCUT2D eigenvalue weighted by Gasteiger charge is 2.23. The lowest BCUT2D eigenvalue weighted by molar-refractivity contribution is -0.385. The molecular weight excluding hydrogens is 602 g/mol. The summed E-state index contributed by atoms with van der Waals surface area (Å²) in [6.45, 7) is 2.37. The third-order valence-electron chi connectivity index (χ3n) is 5.49. The van der Waals surface area contributed by atoms with Crippen molar-refractivity contribution < 1.29 is 47.5 Å². The van der Waals surface area contributed by atoms with Crippen LogP contribution in [0.25, 0.3) is 0 Å². The second-order valence-electron chi connectivity index (χ2n) is 8.80. The van der Waals surface area contributed by atoms with Gasteiger partial charge in [-0.15, -0.1) is 0 Å². The predicted octanol–water partition coefficient (Wildman–Crippen LogP) is 6.68. The maximum Gasteiger partial charge on any atom is 0.314 e. The van der Waals surface area contributed by atoms with Crippen molar-refractivity contribution in [3.05, 3.63) is 105 Å². The van der Waals surface area contributed by atoms with E-state index in [1.165, 1.54) is 33.1 Å². The zero-order valence-corrected chi connectivity index (χ0v) is 23.7. The number of ether oxygens (including phenoxy) is 3. The van der Waals surface area contributed by atoms with Gasteiger partial charge in [0.25, 0.3) is 0 Å². The molecule has 0 heterocycles. The van der Waals surface area contributed by atoms with Crippen LogP contribution in [0.15, 0.2) is 72.8 Å². The Morgan fingerprint density at radius 1 is 0.689 bits per heavy atom. The summed E-state index contributed by atoms with van der Waals surface area (Å²) in [5.74, 6) is -3.17. The van der Waals surface area contributed by atoms with Crippen molar-refractivity contribution in [2.75, 3.05) is 17.7 Å². The van der Waals surface area contributed by atoms with Gasteiger partial charge in [0.15, 0.2) is 34.6 Å². The number of anilines is 2. The second kappa shape index (κ2) is 14.7. The van der Waals surface area contributed by atoms with Crippen LogP contribution in [0.5, 0.6) is 34.5 Å². The van der Waals surface area contributed by atoms with Gasteiger partial charge in [0.1, 0.15) is 0 Å². The van der Waals surface area contributed by atoms with Crippen molar-refractivity contribution in [1.29, 1.82) is 0 Å². The lowest BCUT2D eigenvalue weighted by Gasteiger charge is -2.12. The van der Waals surface area contributed by atoms with Gasteiger partial charge in [-0.3, -0.25) is 29.8 Å². The van der Waals surface area contributed by atoms with Crippen LogP contribution in [0, 0.1) is 31.9 Å². The molecule has 0 bridgehead atoms. The third-order valence-corrected chi connectivity index (χ3v) is 5.49. The zero-order valence-electron chi connectivity index (χ0n) is 23.7. The van der Waals surface area contributed by atoms with Crippen LogP contribution < -0.4 is 24.8 Å². The first kappa shape index (κ1) is 33.2. The number of para-hydroxylation sites is 4. The normalized spacial score (nSPS) is 10.1. The molecule has 3 N–H and O–H groups in total. The van der Waals surface area contributed by atoms with Crippen molar-refractivity contribution in [3.63, 3.8) is 0 Å². The second-order valence-corrected chi connectivity index (χ2v) is 8.80. The predicted molar refractivity (Wildman–Crippen MR) is 156 cm³/mol. The highest BCUT2D eigenvalue weighted by atomic mass is 19.1. The molecule has 0 saturated carbocycles. The van der Waals surface area contributed by atoms with Gasteiger partial charge in [-0.1, -0.05) is 24.3 Å². The van der Waals surface area contributed by atoms with Crippen LogP contribution in [0.3, 0.4) is 0 Å². The molecule has 0 unspecified atom stereocenters. The summed E-state index contributed by atoms with van der Waals surface area (Å²) >= 11 is 0. The SMILES string of the molecule is CC(=O)Nc1cc(Oc2ccccc2O)c([N+](=O)[O-])cc1F.COc1ccccc1Oc1cc(NC(C)=O)c(F)cc1[N+](=O)[O-]. The van der Waals surface area contributed by atoms with Gasteiger partial charge in [0.05, 0.1) is 40.5 Å². The fourth-order valence-electron chi connectivity index (χ4n) is 3.59. The molecule has 0 aromatic heterocycles. The van der Waals surface area contributed by atoms with Gasteiger partial charge in [-0.05, 0) is 24.3 Å². The minimum Gasteiger partial charge on any atom is -0.504 e. The van der Waals surface area contributed by atoms with Gasteiger partial charge >= 0.3 is 11.4 Å². The van der Waals surface area contributed by atoms with E-state index in [0.29, 0.717) is 17.9 Å². The van der Waals surface area contributed by atoms with E-state index in [1.54, 1.807) is 36.4 Å². The number of methoxy groups -OCH3 is 1. The van der Waals surface area contributed by atoms with Crippen LogP contribution in [0.4, 0.5) is 31.5 Å². The Bertz CT molecular complexity index is 1770. The first-order valence-electron chi connectivity index (χ1n) is 12.6. The fourth-order valence-corrected chi connectivity index (χ4v) is 3.59. The number of hydrogen-bond donors (Lipinski definition) is 3. The Kier molecular flexibility index (Phi) is 10.9. The number of aromatic hydroxyl groups is 1. The molecule has 45 heavy (non-hydrogen) atoms. The highest BCUT2D eigenvalue weighted by Crippen LogP contribution is 2.40. The van der Waals surface area contributed by atoms with Crippen molar-refractivity contribution in [1.82, 2.24) is 0 Å². The number of nitro benzene ring substituents is 2. The molecule has 4 aromatic carbocycles. The van der Waals surface area contributed by atoms with E-state index in [9.17, 15) is 43.7 Å². The molecule has 16 heteroatoms. The standard InChI is InChI=1S/C15H13FN2O5.C14H11FN2O5/c1-9(19)17-11-8-15(12(18(20)21)7-10(11)16)23-14-6-4-3-5-13(14)22-2;1-8(18)16-10-7-14(11(17(20)21)6-9(10)15)22-13-5-3-2-4-12(13)19/h3-8H,1-2H3,(H,17,19);2-7,19H,1H3,(H,16,18). The first-order chi connectivity index (χ1) is 21.3. The largest absolute Gasteiger partial charge is 0.504 e. The molecule has 0 aliphatic carbocycles. The number of rotatable bonds is 9. The molecule has 0 saturated heterocycles. The van der Waals surface area contributed by atoms with E-state index in [4.69, 9.17) is 14.2 Å². The number of carbonyl (C=O) groups is 2. The summed E-state index contributed by atoms with van der Waals surface area (Å²) in [6, 6.07) is 15.7. The number of phenolic OH excluding ortho intramolecular Hbond substituents is 1. The van der Waals surface area contributed by atoms with Gasteiger partial charge in [-0.2, -0.15) is 0 Å². The summed E-state index contributed by atoms with van der Waals surface area (Å²) in [7, 11) is 1.42. The molecule has 4 rings (SSSR count). The van der Waals surface area contributed by atoms with E-state index in [1.807, 2.05) is 0 Å². The number of nitrogens with one attached hydrogen (secondary N) is 2. The maximum atomic E-state index is 13.8. The van der Waals surface area contributed by atoms with E-state index >= 15 is 0 Å². The summed E-state index contributed by atoms with van der Waals surface area (Å²) < 4.78 is 43.4. The number of hydrogen-bond acceptors (Lipinski definition) is 10. The van der Waals surface area contributed by atoms with E-state index in [0.717, 1.165) is 12.1 Å². The number of amides is 2. The van der Waals surface area contributed by atoms with Crippen molar-refractivity contribution >= 4 is 34.6 Å². The van der Waals surface area contributed by atoms with E-state index < -0.39 is 44.7 Å². The Balaban J connectivity index is 0.000000246. The highest BCUT2D eigenvalue weighted by molar-refractivity contribution is 5.90. The summed E-state index contributed by atoms with van der Waals surface area (Å²) in [5.41, 5.74) is -1.67. The van der Waals surface area contributed by atoms with Gasteiger partial charge in [-0.25, -0.2) is 8.78 Å². The number of halogens is 2. The molecule has 234 valence electrons. The van der Waals surface area contributed by atoms with Gasteiger partial charge in [0.2, 0.25) is 23.3 Å². The summed E-state index contributed by atoms with van der Waals surface area (Å²) in [6.07, 6.45) is 0. The third kappa shape index (κ3) is 8.84. The topological polar surface area (TPSA) is 192 Å². The number of phenols is 1. The Morgan fingerprint density at radius 2 is 1.09 bits per heavy atom. The Morgan fingerprint density at radius 3 is 1.49 bits per heavy atom. The summed E-state index contributed by atoms with van der Waals surface area (Å²) in [4.78, 5) is 42.6. The number of benzene rings is 4. The first-order valence-corrected chi connectivity index (χ1v) is 12.6. The molecule has 0 aliphatic heterocycles. The molecule has 4 aromatic rings. The lowest BCUT2D eigenvalue weighted by Crippen LogP contribution is -2.08. The minimum absolute atomic E-state index is 0.0361. The van der Waals surface area contributed by atoms with Gasteiger partial charge < -0.3 is 30.0 Å². The molecule has 0 radical (unpaired) electrons. The number of carbonyl (C=O) groups excluding carboxylic acids is 2. The Hall–Kier alpha value is -6.32. The number of nitro groups is 2. The van der Waals surface area contributed by atoms with Crippen molar-refractivity contribution in [2.45, 2.75) is 13.8 Å². The molecule has 0 fully saturated rings. The molecule has 2 amide bonds. The molecule has 14 nitrogen and oxygen atoms in total. The molecule has 0 aliphatic rings. The van der Waals surface area contributed by atoms with Crippen molar-refractivity contribution in [2.24, 2.45) is 0 Å².